The highest BCUT2D eigenvalue weighted by Gasteiger charge is 2.20. The lowest BCUT2D eigenvalue weighted by atomic mass is 10.2. The standard InChI is InChI=1S/C17H15ClFNO4/c1-10(16(21)20-14-6-4-3-5-12(14)18)24-17(22)11-7-8-15(23-2)13(19)9-11/h3-10H,1-2H3,(H,20,21)/t10-/m0/s1. The highest BCUT2D eigenvalue weighted by molar-refractivity contribution is 6.33. The maximum atomic E-state index is 13.6. The predicted octanol–water partition coefficient (Wildman–Crippen LogP) is 3.67. The normalized spacial score (nSPS) is 11.5. The molecule has 0 unspecified atom stereocenters. The molecule has 0 heterocycles. The van der Waals surface area contributed by atoms with Crippen LogP contribution in [0.2, 0.25) is 5.02 Å². The summed E-state index contributed by atoms with van der Waals surface area (Å²) in [5.41, 5.74) is 0.383. The molecule has 0 saturated heterocycles. The van der Waals surface area contributed by atoms with Gasteiger partial charge in [-0.2, -0.15) is 0 Å². The molecule has 5 nitrogen and oxygen atoms in total. The first-order chi connectivity index (χ1) is 11.4. The minimum absolute atomic E-state index is 0.0102. The lowest BCUT2D eigenvalue weighted by molar-refractivity contribution is -0.123. The number of carbonyl (C=O) groups is 2. The predicted molar refractivity (Wildman–Crippen MR) is 87.9 cm³/mol. The number of nitrogens with one attached hydrogen (secondary N) is 1. The summed E-state index contributed by atoms with van der Waals surface area (Å²) in [4.78, 5) is 24.1. The second-order valence-corrected chi connectivity index (χ2v) is 5.27. The molecule has 0 aliphatic rings. The number of anilines is 1. The second-order valence-electron chi connectivity index (χ2n) is 4.87. The summed E-state index contributed by atoms with van der Waals surface area (Å²) in [5.74, 6) is -2.06. The molecular formula is C17H15ClFNO4. The van der Waals surface area contributed by atoms with Crippen molar-refractivity contribution in [1.82, 2.24) is 0 Å². The van der Waals surface area contributed by atoms with Gasteiger partial charge in [-0.15, -0.1) is 0 Å². The number of halogens is 2. The fourth-order valence-corrected chi connectivity index (χ4v) is 2.06. The fourth-order valence-electron chi connectivity index (χ4n) is 1.87. The topological polar surface area (TPSA) is 64.6 Å². The van der Waals surface area contributed by atoms with Gasteiger partial charge in [-0.1, -0.05) is 23.7 Å². The van der Waals surface area contributed by atoms with Gasteiger partial charge in [-0.05, 0) is 37.3 Å². The van der Waals surface area contributed by atoms with Gasteiger partial charge in [0.15, 0.2) is 17.7 Å². The number of rotatable bonds is 5. The number of hydrogen-bond donors (Lipinski definition) is 1. The molecule has 126 valence electrons. The maximum Gasteiger partial charge on any atom is 0.339 e. The van der Waals surface area contributed by atoms with Crippen molar-refractivity contribution in [3.8, 4) is 5.75 Å². The summed E-state index contributed by atoms with van der Waals surface area (Å²) < 4.78 is 23.4. The first-order valence-corrected chi connectivity index (χ1v) is 7.40. The van der Waals surface area contributed by atoms with E-state index in [1.807, 2.05) is 0 Å². The number of methoxy groups -OCH3 is 1. The number of ether oxygens (including phenoxy) is 2. The number of amides is 1. The van der Waals surface area contributed by atoms with Crippen LogP contribution in [-0.4, -0.2) is 25.1 Å². The molecule has 7 heteroatoms. The van der Waals surface area contributed by atoms with Crippen LogP contribution in [0.25, 0.3) is 0 Å². The zero-order chi connectivity index (χ0) is 17.7. The Hall–Kier alpha value is -2.60. The Balaban J connectivity index is 2.02. The number of carbonyl (C=O) groups excluding carboxylic acids is 2. The third kappa shape index (κ3) is 4.23. The zero-order valence-electron chi connectivity index (χ0n) is 13.0. The van der Waals surface area contributed by atoms with E-state index < -0.39 is 23.8 Å². The van der Waals surface area contributed by atoms with Gasteiger partial charge >= 0.3 is 5.97 Å². The third-order valence-electron chi connectivity index (χ3n) is 3.17. The Kier molecular flexibility index (Phi) is 5.76. The van der Waals surface area contributed by atoms with Crippen molar-refractivity contribution in [2.45, 2.75) is 13.0 Å². The van der Waals surface area contributed by atoms with E-state index in [4.69, 9.17) is 21.1 Å². The lowest BCUT2D eigenvalue weighted by Crippen LogP contribution is -2.30. The van der Waals surface area contributed by atoms with Crippen molar-refractivity contribution in [1.29, 1.82) is 0 Å². The van der Waals surface area contributed by atoms with Gasteiger partial charge in [0.25, 0.3) is 5.91 Å². The van der Waals surface area contributed by atoms with Gasteiger partial charge in [0.05, 0.1) is 23.4 Å². The van der Waals surface area contributed by atoms with Crippen LogP contribution >= 0.6 is 11.6 Å². The molecule has 2 aromatic rings. The molecule has 0 aliphatic carbocycles. The first-order valence-electron chi connectivity index (χ1n) is 7.02. The van der Waals surface area contributed by atoms with Crippen molar-refractivity contribution in [2.24, 2.45) is 0 Å². The maximum absolute atomic E-state index is 13.6. The van der Waals surface area contributed by atoms with E-state index in [-0.39, 0.29) is 11.3 Å². The highest BCUT2D eigenvalue weighted by Crippen LogP contribution is 2.21. The average molecular weight is 352 g/mol. The minimum atomic E-state index is -1.08. The molecule has 2 rings (SSSR count). The van der Waals surface area contributed by atoms with Crippen LogP contribution in [-0.2, 0) is 9.53 Å². The smallest absolute Gasteiger partial charge is 0.339 e. The van der Waals surface area contributed by atoms with Crippen molar-refractivity contribution in [3.05, 3.63) is 58.9 Å². The molecule has 0 fully saturated rings. The molecular weight excluding hydrogens is 337 g/mol. The number of hydrogen-bond acceptors (Lipinski definition) is 4. The third-order valence-corrected chi connectivity index (χ3v) is 3.50. The molecule has 0 bridgehead atoms. The number of para-hydroxylation sites is 1. The molecule has 1 amide bonds. The highest BCUT2D eigenvalue weighted by atomic mass is 35.5. The van der Waals surface area contributed by atoms with Crippen molar-refractivity contribution >= 4 is 29.2 Å². The minimum Gasteiger partial charge on any atom is -0.494 e. The van der Waals surface area contributed by atoms with Crippen LogP contribution in [0.4, 0.5) is 10.1 Å². The summed E-state index contributed by atoms with van der Waals surface area (Å²) in [6, 6.07) is 10.3. The molecule has 0 aromatic heterocycles. The first kappa shape index (κ1) is 17.7. The van der Waals surface area contributed by atoms with Crippen LogP contribution in [0.1, 0.15) is 17.3 Å². The largest absolute Gasteiger partial charge is 0.494 e. The van der Waals surface area contributed by atoms with Crippen LogP contribution in [0.3, 0.4) is 0 Å². The SMILES string of the molecule is COc1ccc(C(=O)O[C@@H](C)C(=O)Nc2ccccc2Cl)cc1F. The van der Waals surface area contributed by atoms with Crippen molar-refractivity contribution in [2.75, 3.05) is 12.4 Å². The Labute approximate surface area is 143 Å². The van der Waals surface area contributed by atoms with Gasteiger partial charge in [0.1, 0.15) is 0 Å². The van der Waals surface area contributed by atoms with Crippen LogP contribution in [0, 0.1) is 5.82 Å². The van der Waals surface area contributed by atoms with E-state index in [1.165, 1.54) is 26.2 Å². The van der Waals surface area contributed by atoms with E-state index in [2.05, 4.69) is 5.32 Å². The molecule has 1 N–H and O–H groups in total. The summed E-state index contributed by atoms with van der Waals surface area (Å²) in [5, 5.41) is 2.92. The molecule has 0 aliphatic heterocycles. The lowest BCUT2D eigenvalue weighted by Gasteiger charge is -2.14. The van der Waals surface area contributed by atoms with Gasteiger partial charge in [-0.25, -0.2) is 9.18 Å². The van der Waals surface area contributed by atoms with E-state index >= 15 is 0 Å². The van der Waals surface area contributed by atoms with E-state index in [0.717, 1.165) is 6.07 Å². The van der Waals surface area contributed by atoms with Gasteiger partial charge in [0.2, 0.25) is 0 Å². The number of benzene rings is 2. The Morgan fingerprint density at radius 1 is 1.21 bits per heavy atom. The van der Waals surface area contributed by atoms with Crippen molar-refractivity contribution in [3.63, 3.8) is 0 Å². The zero-order valence-corrected chi connectivity index (χ0v) is 13.8. The molecule has 0 saturated carbocycles. The summed E-state index contributed by atoms with van der Waals surface area (Å²) >= 11 is 5.94. The summed E-state index contributed by atoms with van der Waals surface area (Å²) in [6.45, 7) is 1.41. The van der Waals surface area contributed by atoms with E-state index in [9.17, 15) is 14.0 Å². The number of esters is 1. The Morgan fingerprint density at radius 3 is 2.54 bits per heavy atom. The van der Waals surface area contributed by atoms with Crippen LogP contribution in [0.5, 0.6) is 5.75 Å². The summed E-state index contributed by atoms with van der Waals surface area (Å²) in [7, 11) is 1.32. The molecule has 24 heavy (non-hydrogen) atoms. The molecule has 2 aromatic carbocycles. The van der Waals surface area contributed by atoms with Crippen LogP contribution < -0.4 is 10.1 Å². The molecule has 0 spiro atoms. The molecule has 0 radical (unpaired) electrons. The quantitative estimate of drug-likeness (QED) is 0.835. The molecule has 1 atom stereocenters. The monoisotopic (exact) mass is 351 g/mol. The fraction of sp³-hybridized carbons (Fsp3) is 0.176. The van der Waals surface area contributed by atoms with Crippen LogP contribution in [0.15, 0.2) is 42.5 Å². The average Bonchev–Trinajstić information content (AvgIpc) is 2.56. The van der Waals surface area contributed by atoms with E-state index in [1.54, 1.807) is 24.3 Å². The Bertz CT molecular complexity index is 766. The van der Waals surface area contributed by atoms with Crippen molar-refractivity contribution < 1.29 is 23.5 Å². The van der Waals surface area contributed by atoms with E-state index in [0.29, 0.717) is 10.7 Å². The second kappa shape index (κ2) is 7.79. The van der Waals surface area contributed by atoms with Gasteiger partial charge < -0.3 is 14.8 Å². The van der Waals surface area contributed by atoms with Gasteiger partial charge in [0, 0.05) is 0 Å². The summed E-state index contributed by atoms with van der Waals surface area (Å²) in [6.07, 6.45) is -1.08. The van der Waals surface area contributed by atoms with Gasteiger partial charge in [-0.3, -0.25) is 4.79 Å². The Morgan fingerprint density at radius 2 is 1.92 bits per heavy atom.